The zero-order valence-electron chi connectivity index (χ0n) is 9.75. The molecule has 0 aliphatic rings. The van der Waals surface area contributed by atoms with Crippen LogP contribution < -0.4 is 4.57 Å². The van der Waals surface area contributed by atoms with Crippen LogP contribution in [0.1, 0.15) is 5.69 Å². The van der Waals surface area contributed by atoms with Gasteiger partial charge in [0.2, 0.25) is 11.2 Å². The number of rotatable bonds is 1. The van der Waals surface area contributed by atoms with Crippen LogP contribution in [0.3, 0.4) is 0 Å². The SMILES string of the molecule is N#Cc1ccc2ccccc2[n+]1-c1ccccc1. The highest BCUT2D eigenvalue weighted by Crippen LogP contribution is 2.13. The van der Waals surface area contributed by atoms with Crippen LogP contribution in [0.5, 0.6) is 0 Å². The standard InChI is InChI=1S/C16H11N2/c17-12-15-11-10-13-6-4-5-9-16(13)18(15)14-7-2-1-3-8-14/h1-11H/q+1. The molecule has 18 heavy (non-hydrogen) atoms. The summed E-state index contributed by atoms with van der Waals surface area (Å²) in [5, 5.41) is 10.4. The minimum Gasteiger partial charge on any atom is -0.186 e. The minimum absolute atomic E-state index is 0.639. The van der Waals surface area contributed by atoms with Gasteiger partial charge in [-0.3, -0.25) is 0 Å². The van der Waals surface area contributed by atoms with Crippen LogP contribution in [0, 0.1) is 11.3 Å². The normalized spacial score (nSPS) is 10.2. The molecule has 3 rings (SSSR count). The molecule has 84 valence electrons. The van der Waals surface area contributed by atoms with Crippen molar-refractivity contribution >= 4 is 10.9 Å². The van der Waals surface area contributed by atoms with E-state index in [0.717, 1.165) is 16.6 Å². The van der Waals surface area contributed by atoms with E-state index in [0.29, 0.717) is 5.69 Å². The second-order valence-electron chi connectivity index (χ2n) is 4.06. The Morgan fingerprint density at radius 3 is 2.28 bits per heavy atom. The molecule has 0 amide bonds. The molecular formula is C16H11N2+. The van der Waals surface area contributed by atoms with Gasteiger partial charge in [0.1, 0.15) is 0 Å². The minimum atomic E-state index is 0.639. The van der Waals surface area contributed by atoms with Gasteiger partial charge in [0.25, 0.3) is 5.69 Å². The molecule has 0 bridgehead atoms. The summed E-state index contributed by atoms with van der Waals surface area (Å²) in [5.41, 5.74) is 2.69. The van der Waals surface area contributed by atoms with Crippen LogP contribution in [-0.4, -0.2) is 0 Å². The van der Waals surface area contributed by atoms with Crippen molar-refractivity contribution in [1.82, 2.24) is 0 Å². The third kappa shape index (κ3) is 1.63. The first-order chi connectivity index (χ1) is 8.90. The van der Waals surface area contributed by atoms with Gasteiger partial charge in [0, 0.05) is 29.7 Å². The van der Waals surface area contributed by atoms with E-state index in [2.05, 4.69) is 12.1 Å². The Balaban J connectivity index is 2.42. The van der Waals surface area contributed by atoms with E-state index in [9.17, 15) is 5.26 Å². The molecule has 2 nitrogen and oxygen atoms in total. The smallest absolute Gasteiger partial charge is 0.186 e. The number of pyridine rings is 1. The quantitative estimate of drug-likeness (QED) is 0.592. The zero-order chi connectivity index (χ0) is 12.4. The van der Waals surface area contributed by atoms with Gasteiger partial charge in [-0.05, 0) is 12.1 Å². The van der Waals surface area contributed by atoms with Gasteiger partial charge in [-0.15, -0.1) is 4.57 Å². The predicted molar refractivity (Wildman–Crippen MR) is 70.2 cm³/mol. The Labute approximate surface area is 105 Å². The molecule has 0 unspecified atom stereocenters. The fourth-order valence-corrected chi connectivity index (χ4v) is 2.15. The molecule has 3 aromatic rings. The Hall–Kier alpha value is -2.66. The van der Waals surface area contributed by atoms with Crippen molar-refractivity contribution in [2.24, 2.45) is 0 Å². The summed E-state index contributed by atoms with van der Waals surface area (Å²) in [6, 6.07) is 24.1. The monoisotopic (exact) mass is 231 g/mol. The number of nitrogens with zero attached hydrogens (tertiary/aromatic N) is 2. The summed E-state index contributed by atoms with van der Waals surface area (Å²) in [7, 11) is 0. The van der Waals surface area contributed by atoms with Crippen molar-refractivity contribution in [2.75, 3.05) is 0 Å². The molecule has 0 aliphatic carbocycles. The number of nitriles is 1. The molecule has 0 N–H and O–H groups in total. The molecule has 0 aliphatic heterocycles. The molecule has 1 aromatic heterocycles. The lowest BCUT2D eigenvalue weighted by atomic mass is 10.1. The topological polar surface area (TPSA) is 27.7 Å². The van der Waals surface area contributed by atoms with E-state index in [1.54, 1.807) is 0 Å². The van der Waals surface area contributed by atoms with Gasteiger partial charge >= 0.3 is 0 Å². The second kappa shape index (κ2) is 4.31. The van der Waals surface area contributed by atoms with Crippen LogP contribution in [-0.2, 0) is 0 Å². The summed E-state index contributed by atoms with van der Waals surface area (Å²) in [6.45, 7) is 0. The summed E-state index contributed by atoms with van der Waals surface area (Å²) >= 11 is 0. The summed E-state index contributed by atoms with van der Waals surface area (Å²) in [6.07, 6.45) is 0. The number of hydrogen-bond donors (Lipinski definition) is 0. The lowest BCUT2D eigenvalue weighted by molar-refractivity contribution is -0.570. The van der Waals surface area contributed by atoms with Crippen molar-refractivity contribution in [2.45, 2.75) is 0 Å². The average molecular weight is 231 g/mol. The number of benzene rings is 2. The van der Waals surface area contributed by atoms with Gasteiger partial charge in [0.05, 0.1) is 0 Å². The first-order valence-electron chi connectivity index (χ1n) is 5.79. The summed E-state index contributed by atoms with van der Waals surface area (Å²) < 4.78 is 1.98. The van der Waals surface area contributed by atoms with Gasteiger partial charge in [-0.25, -0.2) is 0 Å². The maximum Gasteiger partial charge on any atom is 0.289 e. The number of para-hydroxylation sites is 2. The van der Waals surface area contributed by atoms with Crippen LogP contribution >= 0.6 is 0 Å². The van der Waals surface area contributed by atoms with Crippen molar-refractivity contribution in [3.05, 3.63) is 72.4 Å². The molecule has 0 radical (unpaired) electrons. The lowest BCUT2D eigenvalue weighted by Gasteiger charge is -2.01. The van der Waals surface area contributed by atoms with Crippen LogP contribution in [0.15, 0.2) is 66.7 Å². The molecule has 0 saturated heterocycles. The number of fused-ring (bicyclic) bond motifs is 1. The van der Waals surface area contributed by atoms with Crippen LogP contribution in [0.4, 0.5) is 0 Å². The van der Waals surface area contributed by atoms with Gasteiger partial charge < -0.3 is 0 Å². The van der Waals surface area contributed by atoms with E-state index in [1.807, 2.05) is 65.2 Å². The van der Waals surface area contributed by atoms with Crippen molar-refractivity contribution in [1.29, 1.82) is 5.26 Å². The highest BCUT2D eigenvalue weighted by molar-refractivity contribution is 5.76. The molecule has 0 spiro atoms. The highest BCUT2D eigenvalue weighted by Gasteiger charge is 2.17. The molecule has 0 saturated carbocycles. The first kappa shape index (κ1) is 10.5. The predicted octanol–water partition coefficient (Wildman–Crippen LogP) is 2.99. The largest absolute Gasteiger partial charge is 0.289 e. The molecule has 0 atom stereocenters. The number of aromatic nitrogens is 1. The van der Waals surface area contributed by atoms with Crippen molar-refractivity contribution < 1.29 is 4.57 Å². The Bertz CT molecular complexity index is 740. The first-order valence-corrected chi connectivity index (χ1v) is 5.79. The van der Waals surface area contributed by atoms with E-state index in [4.69, 9.17) is 0 Å². The Morgan fingerprint density at radius 1 is 0.778 bits per heavy atom. The zero-order valence-corrected chi connectivity index (χ0v) is 9.75. The fraction of sp³-hybridized carbons (Fsp3) is 0. The third-order valence-electron chi connectivity index (χ3n) is 2.97. The summed E-state index contributed by atoms with van der Waals surface area (Å²) in [5.74, 6) is 0. The van der Waals surface area contributed by atoms with Gasteiger partial charge in [-0.2, -0.15) is 5.26 Å². The Kier molecular flexibility index (Phi) is 2.51. The fourth-order valence-electron chi connectivity index (χ4n) is 2.15. The maximum atomic E-state index is 9.27. The molecule has 2 heteroatoms. The van der Waals surface area contributed by atoms with Gasteiger partial charge in [-0.1, -0.05) is 30.3 Å². The summed E-state index contributed by atoms with van der Waals surface area (Å²) in [4.78, 5) is 0. The van der Waals surface area contributed by atoms with Gasteiger partial charge in [0.15, 0.2) is 6.07 Å². The highest BCUT2D eigenvalue weighted by atomic mass is 15.0. The lowest BCUT2D eigenvalue weighted by Crippen LogP contribution is -2.35. The number of hydrogen-bond acceptors (Lipinski definition) is 1. The molecule has 2 aromatic carbocycles. The van der Waals surface area contributed by atoms with Crippen molar-refractivity contribution in [3.63, 3.8) is 0 Å². The van der Waals surface area contributed by atoms with Crippen LogP contribution in [0.25, 0.3) is 16.6 Å². The molecular weight excluding hydrogens is 220 g/mol. The van der Waals surface area contributed by atoms with Crippen LogP contribution in [0.2, 0.25) is 0 Å². The molecule has 0 fully saturated rings. The maximum absolute atomic E-state index is 9.27. The van der Waals surface area contributed by atoms with E-state index in [1.165, 1.54) is 0 Å². The third-order valence-corrected chi connectivity index (χ3v) is 2.97. The Morgan fingerprint density at radius 2 is 1.50 bits per heavy atom. The second-order valence-corrected chi connectivity index (χ2v) is 4.06. The van der Waals surface area contributed by atoms with Crippen molar-refractivity contribution in [3.8, 4) is 11.8 Å². The van der Waals surface area contributed by atoms with E-state index < -0.39 is 0 Å². The van der Waals surface area contributed by atoms with E-state index in [-0.39, 0.29) is 0 Å². The molecule has 1 heterocycles. The van der Waals surface area contributed by atoms with E-state index >= 15 is 0 Å². The average Bonchev–Trinajstić information content (AvgIpc) is 2.47.